The third kappa shape index (κ3) is 3.08. The summed E-state index contributed by atoms with van der Waals surface area (Å²) in [6, 6.07) is 5.21. The van der Waals surface area contributed by atoms with E-state index in [0.29, 0.717) is 22.4 Å². The van der Waals surface area contributed by atoms with E-state index in [1.165, 1.54) is 11.3 Å². The Bertz CT molecular complexity index is 671. The Kier molecular flexibility index (Phi) is 3.66. The Morgan fingerprint density at radius 1 is 1.43 bits per heavy atom. The van der Waals surface area contributed by atoms with Gasteiger partial charge in [-0.25, -0.2) is 4.98 Å². The number of carbonyl (C=O) groups is 1. The number of fused-ring (bicyclic) bond motifs is 1. The normalized spacial score (nSPS) is 13.8. The standard InChI is InChI=1S/C14H14N2O4S/c1-8-6-21-14(15-8)16-13(17)9(2)20-10-3-4-11-12(5-10)19-7-18-11/h3-6,9H,7H2,1-2H3,(H,15,16,17)/t9-/m1/s1. The zero-order chi connectivity index (χ0) is 14.8. The molecule has 2 heterocycles. The highest BCUT2D eigenvalue weighted by molar-refractivity contribution is 7.13. The SMILES string of the molecule is Cc1csc(NC(=O)[C@@H](C)Oc2ccc3c(c2)OCO3)n1. The summed E-state index contributed by atoms with van der Waals surface area (Å²) in [5, 5.41) is 5.16. The molecule has 0 unspecified atom stereocenters. The molecule has 110 valence electrons. The van der Waals surface area contributed by atoms with Crippen LogP contribution in [0, 0.1) is 6.92 Å². The van der Waals surface area contributed by atoms with E-state index < -0.39 is 6.10 Å². The third-order valence-electron chi connectivity index (χ3n) is 2.88. The predicted molar refractivity (Wildman–Crippen MR) is 78.1 cm³/mol. The fourth-order valence-corrected chi connectivity index (χ4v) is 2.52. The van der Waals surface area contributed by atoms with Gasteiger partial charge in [0.05, 0.1) is 5.69 Å². The molecule has 1 aliphatic rings. The highest BCUT2D eigenvalue weighted by Gasteiger charge is 2.19. The molecule has 21 heavy (non-hydrogen) atoms. The fourth-order valence-electron chi connectivity index (χ4n) is 1.83. The second-order valence-corrected chi connectivity index (χ2v) is 5.42. The lowest BCUT2D eigenvalue weighted by Crippen LogP contribution is -2.30. The molecule has 0 bridgehead atoms. The van der Waals surface area contributed by atoms with Gasteiger partial charge in [-0.2, -0.15) is 0 Å². The van der Waals surface area contributed by atoms with Crippen molar-refractivity contribution in [2.75, 3.05) is 12.1 Å². The van der Waals surface area contributed by atoms with Crippen LogP contribution in [-0.4, -0.2) is 23.8 Å². The zero-order valence-electron chi connectivity index (χ0n) is 11.6. The first-order chi connectivity index (χ1) is 10.1. The number of rotatable bonds is 4. The van der Waals surface area contributed by atoms with E-state index in [-0.39, 0.29) is 12.7 Å². The summed E-state index contributed by atoms with van der Waals surface area (Å²) in [4.78, 5) is 16.2. The molecule has 1 aliphatic heterocycles. The molecule has 0 aliphatic carbocycles. The highest BCUT2D eigenvalue weighted by atomic mass is 32.1. The molecular weight excluding hydrogens is 292 g/mol. The van der Waals surface area contributed by atoms with Crippen LogP contribution in [-0.2, 0) is 4.79 Å². The summed E-state index contributed by atoms with van der Waals surface area (Å²) in [6.07, 6.45) is -0.644. The summed E-state index contributed by atoms with van der Waals surface area (Å²) in [5.74, 6) is 1.60. The first-order valence-corrected chi connectivity index (χ1v) is 7.29. The average Bonchev–Trinajstić information content (AvgIpc) is 3.07. The van der Waals surface area contributed by atoms with Crippen molar-refractivity contribution in [2.45, 2.75) is 20.0 Å². The lowest BCUT2D eigenvalue weighted by atomic mass is 10.3. The van der Waals surface area contributed by atoms with Crippen LogP contribution in [0.3, 0.4) is 0 Å². The van der Waals surface area contributed by atoms with Crippen LogP contribution in [0.4, 0.5) is 5.13 Å². The number of ether oxygens (including phenoxy) is 3. The van der Waals surface area contributed by atoms with Crippen molar-refractivity contribution < 1.29 is 19.0 Å². The van der Waals surface area contributed by atoms with Crippen molar-refractivity contribution in [3.8, 4) is 17.2 Å². The van der Waals surface area contributed by atoms with Crippen molar-refractivity contribution >= 4 is 22.4 Å². The molecule has 3 rings (SSSR count). The maximum Gasteiger partial charge on any atom is 0.266 e. The minimum absolute atomic E-state index is 0.207. The molecule has 1 aromatic carbocycles. The monoisotopic (exact) mass is 306 g/mol. The molecule has 1 aromatic heterocycles. The van der Waals surface area contributed by atoms with Gasteiger partial charge < -0.3 is 14.2 Å². The van der Waals surface area contributed by atoms with Crippen molar-refractivity contribution in [3.05, 3.63) is 29.3 Å². The molecule has 6 nitrogen and oxygen atoms in total. The highest BCUT2D eigenvalue weighted by Crippen LogP contribution is 2.35. The van der Waals surface area contributed by atoms with Gasteiger partial charge >= 0.3 is 0 Å². The molecule has 0 radical (unpaired) electrons. The van der Waals surface area contributed by atoms with Gasteiger partial charge in [-0.1, -0.05) is 0 Å². The van der Waals surface area contributed by atoms with Gasteiger partial charge in [-0.3, -0.25) is 10.1 Å². The predicted octanol–water partition coefficient (Wildman–Crippen LogP) is 2.59. The van der Waals surface area contributed by atoms with E-state index in [9.17, 15) is 4.79 Å². The van der Waals surface area contributed by atoms with Gasteiger partial charge in [0, 0.05) is 11.4 Å². The summed E-state index contributed by atoms with van der Waals surface area (Å²) < 4.78 is 16.1. The van der Waals surface area contributed by atoms with Crippen LogP contribution < -0.4 is 19.5 Å². The number of hydrogen-bond acceptors (Lipinski definition) is 6. The van der Waals surface area contributed by atoms with Crippen LogP contribution in [0.5, 0.6) is 17.2 Å². The van der Waals surface area contributed by atoms with Gasteiger partial charge in [0.2, 0.25) is 6.79 Å². The van der Waals surface area contributed by atoms with E-state index in [1.807, 2.05) is 12.3 Å². The number of nitrogens with zero attached hydrogens (tertiary/aromatic N) is 1. The molecule has 7 heteroatoms. The Hall–Kier alpha value is -2.28. The van der Waals surface area contributed by atoms with Gasteiger partial charge in [0.15, 0.2) is 22.7 Å². The first kappa shape index (κ1) is 13.7. The van der Waals surface area contributed by atoms with Crippen LogP contribution >= 0.6 is 11.3 Å². The number of carbonyl (C=O) groups excluding carboxylic acids is 1. The molecule has 2 aromatic rings. The number of nitrogens with one attached hydrogen (secondary N) is 1. The maximum absolute atomic E-state index is 12.0. The summed E-state index contributed by atoms with van der Waals surface area (Å²) >= 11 is 1.38. The van der Waals surface area contributed by atoms with Crippen LogP contribution in [0.2, 0.25) is 0 Å². The molecule has 0 saturated heterocycles. The number of benzene rings is 1. The van der Waals surface area contributed by atoms with E-state index in [4.69, 9.17) is 14.2 Å². The second-order valence-electron chi connectivity index (χ2n) is 4.56. The minimum Gasteiger partial charge on any atom is -0.481 e. The Balaban J connectivity index is 1.62. The lowest BCUT2D eigenvalue weighted by Gasteiger charge is -2.13. The Morgan fingerprint density at radius 3 is 3.00 bits per heavy atom. The number of aryl methyl sites for hydroxylation is 1. The average molecular weight is 306 g/mol. The van der Waals surface area contributed by atoms with Gasteiger partial charge in [0.1, 0.15) is 5.75 Å². The molecule has 1 N–H and O–H groups in total. The maximum atomic E-state index is 12.0. The Labute approximate surface area is 125 Å². The van der Waals surface area contributed by atoms with Crippen LogP contribution in [0.1, 0.15) is 12.6 Å². The van der Waals surface area contributed by atoms with E-state index in [2.05, 4.69) is 10.3 Å². The molecule has 1 atom stereocenters. The number of amides is 1. The summed E-state index contributed by atoms with van der Waals surface area (Å²) in [5.41, 5.74) is 0.875. The smallest absolute Gasteiger partial charge is 0.266 e. The molecule has 0 spiro atoms. The van der Waals surface area contributed by atoms with Gasteiger partial charge in [-0.15, -0.1) is 11.3 Å². The summed E-state index contributed by atoms with van der Waals surface area (Å²) in [6.45, 7) is 3.76. The van der Waals surface area contributed by atoms with Gasteiger partial charge in [0.25, 0.3) is 5.91 Å². The second kappa shape index (κ2) is 5.61. The zero-order valence-corrected chi connectivity index (χ0v) is 12.4. The summed E-state index contributed by atoms with van der Waals surface area (Å²) in [7, 11) is 0. The number of aromatic nitrogens is 1. The first-order valence-electron chi connectivity index (χ1n) is 6.41. The molecule has 0 fully saturated rings. The number of hydrogen-bond donors (Lipinski definition) is 1. The molecular formula is C14H14N2O4S. The van der Waals surface area contributed by atoms with E-state index >= 15 is 0 Å². The van der Waals surface area contributed by atoms with Crippen molar-refractivity contribution in [2.24, 2.45) is 0 Å². The Morgan fingerprint density at radius 2 is 2.24 bits per heavy atom. The lowest BCUT2D eigenvalue weighted by molar-refractivity contribution is -0.122. The largest absolute Gasteiger partial charge is 0.481 e. The third-order valence-corrected chi connectivity index (χ3v) is 3.75. The molecule has 1 amide bonds. The van der Waals surface area contributed by atoms with Crippen molar-refractivity contribution in [1.82, 2.24) is 4.98 Å². The van der Waals surface area contributed by atoms with Gasteiger partial charge in [-0.05, 0) is 26.0 Å². The number of anilines is 1. The number of thiazole rings is 1. The topological polar surface area (TPSA) is 69.7 Å². The van der Waals surface area contributed by atoms with Crippen LogP contribution in [0.15, 0.2) is 23.6 Å². The minimum atomic E-state index is -0.644. The molecule has 0 saturated carbocycles. The quantitative estimate of drug-likeness (QED) is 0.940. The van der Waals surface area contributed by atoms with Crippen molar-refractivity contribution in [1.29, 1.82) is 0 Å². The fraction of sp³-hybridized carbons (Fsp3) is 0.286. The van der Waals surface area contributed by atoms with E-state index in [1.54, 1.807) is 25.1 Å². The van der Waals surface area contributed by atoms with E-state index in [0.717, 1.165) is 5.69 Å². The van der Waals surface area contributed by atoms with Crippen LogP contribution in [0.25, 0.3) is 0 Å². The van der Waals surface area contributed by atoms with Crippen molar-refractivity contribution in [3.63, 3.8) is 0 Å².